The first kappa shape index (κ1) is 15.0. The van der Waals surface area contributed by atoms with E-state index in [1.165, 1.54) is 17.7 Å². The monoisotopic (exact) mass is 294 g/mol. The van der Waals surface area contributed by atoms with Crippen molar-refractivity contribution in [3.05, 3.63) is 40.7 Å². The molecule has 1 amide bonds. The molecule has 0 saturated heterocycles. The van der Waals surface area contributed by atoms with Crippen LogP contribution in [0.3, 0.4) is 0 Å². The van der Waals surface area contributed by atoms with Gasteiger partial charge in [0.25, 0.3) is 5.91 Å². The summed E-state index contributed by atoms with van der Waals surface area (Å²) >= 11 is 0. The molecule has 3 N–H and O–H groups in total. The molecule has 2 rings (SSSR count). The van der Waals surface area contributed by atoms with E-state index in [9.17, 15) is 13.6 Å². The predicted octanol–water partition coefficient (Wildman–Crippen LogP) is 2.40. The molecule has 21 heavy (non-hydrogen) atoms. The van der Waals surface area contributed by atoms with Crippen molar-refractivity contribution in [1.29, 1.82) is 0 Å². The Morgan fingerprint density at radius 1 is 1.43 bits per heavy atom. The third-order valence-electron chi connectivity index (χ3n) is 3.23. The highest BCUT2D eigenvalue weighted by molar-refractivity contribution is 6.07. The van der Waals surface area contributed by atoms with Crippen LogP contribution in [-0.4, -0.2) is 15.7 Å². The number of benzene rings is 1. The number of amides is 1. The molecule has 1 aromatic carbocycles. The number of hydrogen-bond donors (Lipinski definition) is 2. The summed E-state index contributed by atoms with van der Waals surface area (Å²) in [7, 11) is 1.55. The van der Waals surface area contributed by atoms with E-state index < -0.39 is 23.2 Å². The first-order valence-electron chi connectivity index (χ1n) is 6.44. The number of nitrogens with one attached hydrogen (secondary N) is 1. The molecule has 0 aliphatic carbocycles. The lowest BCUT2D eigenvalue weighted by Crippen LogP contribution is -2.19. The van der Waals surface area contributed by atoms with Crippen molar-refractivity contribution in [3.63, 3.8) is 0 Å². The van der Waals surface area contributed by atoms with Gasteiger partial charge < -0.3 is 11.1 Å². The topological polar surface area (TPSA) is 72.9 Å². The summed E-state index contributed by atoms with van der Waals surface area (Å²) in [6.07, 6.45) is 0.556. The Morgan fingerprint density at radius 2 is 2.10 bits per heavy atom. The predicted molar refractivity (Wildman–Crippen MR) is 76.0 cm³/mol. The molecule has 7 heteroatoms. The maximum atomic E-state index is 13.9. The van der Waals surface area contributed by atoms with Crippen molar-refractivity contribution in [1.82, 2.24) is 9.78 Å². The maximum absolute atomic E-state index is 13.9. The zero-order valence-electron chi connectivity index (χ0n) is 12.0. The van der Waals surface area contributed by atoms with E-state index >= 15 is 0 Å². The van der Waals surface area contributed by atoms with Gasteiger partial charge in [-0.15, -0.1) is 0 Å². The van der Waals surface area contributed by atoms with Gasteiger partial charge in [-0.25, -0.2) is 8.78 Å². The summed E-state index contributed by atoms with van der Waals surface area (Å²) in [4.78, 5) is 12.2. The molecule has 0 radical (unpaired) electrons. The molecule has 2 aromatic rings. The Morgan fingerprint density at radius 3 is 2.67 bits per heavy atom. The fraction of sp³-hybridized carbons (Fsp3) is 0.286. The van der Waals surface area contributed by atoms with E-state index in [1.807, 2.05) is 6.92 Å². The fourth-order valence-corrected chi connectivity index (χ4v) is 2.07. The quantitative estimate of drug-likeness (QED) is 0.913. The zero-order chi connectivity index (χ0) is 15.7. The van der Waals surface area contributed by atoms with Gasteiger partial charge in [0.1, 0.15) is 17.2 Å². The molecule has 5 nitrogen and oxygen atoms in total. The first-order valence-corrected chi connectivity index (χ1v) is 6.44. The average molecular weight is 294 g/mol. The molecule has 0 fully saturated rings. The van der Waals surface area contributed by atoms with Crippen molar-refractivity contribution in [3.8, 4) is 0 Å². The van der Waals surface area contributed by atoms with Gasteiger partial charge in [0.05, 0.1) is 11.4 Å². The Hall–Kier alpha value is -2.44. The third-order valence-corrected chi connectivity index (χ3v) is 3.23. The van der Waals surface area contributed by atoms with Crippen LogP contribution in [0.5, 0.6) is 0 Å². The Bertz CT molecular complexity index is 709. The summed E-state index contributed by atoms with van der Waals surface area (Å²) in [5, 5.41) is 6.32. The van der Waals surface area contributed by atoms with Gasteiger partial charge in [-0.2, -0.15) is 5.10 Å². The van der Waals surface area contributed by atoms with Crippen LogP contribution < -0.4 is 11.1 Å². The van der Waals surface area contributed by atoms with Gasteiger partial charge in [-0.3, -0.25) is 9.48 Å². The number of carbonyl (C=O) groups is 1. The lowest BCUT2D eigenvalue weighted by atomic mass is 10.2. The molecule has 0 bridgehead atoms. The summed E-state index contributed by atoms with van der Waals surface area (Å²) in [5.41, 5.74) is 6.44. The number of rotatable bonds is 3. The van der Waals surface area contributed by atoms with Gasteiger partial charge in [-0.05, 0) is 25.0 Å². The van der Waals surface area contributed by atoms with Gasteiger partial charge >= 0.3 is 0 Å². The number of aromatic nitrogens is 2. The number of nitrogens with zero attached hydrogens (tertiary/aromatic N) is 2. The molecular formula is C14H16F2N4O. The first-order chi connectivity index (χ1) is 9.86. The number of anilines is 2. The SMILES string of the molecule is CCc1nn(C)c(C(=O)Nc2c(F)ccc(C)c2F)c1N. The van der Waals surface area contributed by atoms with Crippen molar-refractivity contribution < 1.29 is 13.6 Å². The van der Waals surface area contributed by atoms with Crippen LogP contribution in [0.1, 0.15) is 28.7 Å². The number of aryl methyl sites for hydroxylation is 3. The van der Waals surface area contributed by atoms with Crippen molar-refractivity contribution in [2.45, 2.75) is 20.3 Å². The molecular weight excluding hydrogens is 278 g/mol. The highest BCUT2D eigenvalue weighted by atomic mass is 19.1. The van der Waals surface area contributed by atoms with Gasteiger partial charge in [0.2, 0.25) is 0 Å². The van der Waals surface area contributed by atoms with Crippen LogP contribution in [0.4, 0.5) is 20.2 Å². The number of nitrogen functional groups attached to an aromatic ring is 1. The Labute approximate surface area is 120 Å². The Kier molecular flexibility index (Phi) is 3.93. The van der Waals surface area contributed by atoms with Crippen molar-refractivity contribution in [2.24, 2.45) is 7.05 Å². The number of halogens is 2. The standard InChI is InChI=1S/C14H16F2N4O/c1-4-9-11(17)13(20(3)19-9)14(21)18-12-8(15)6-5-7(2)10(12)16/h5-6H,4,17H2,1-3H3,(H,18,21). The minimum Gasteiger partial charge on any atom is -0.395 e. The Balaban J connectivity index is 2.40. The molecule has 0 aliphatic heterocycles. The van der Waals surface area contributed by atoms with Crippen molar-refractivity contribution >= 4 is 17.3 Å². The molecule has 0 saturated carbocycles. The molecule has 1 heterocycles. The number of carbonyl (C=O) groups excluding carboxylic acids is 1. The molecule has 0 aliphatic rings. The van der Waals surface area contributed by atoms with E-state index in [2.05, 4.69) is 10.4 Å². The van der Waals surface area contributed by atoms with E-state index in [4.69, 9.17) is 5.73 Å². The zero-order valence-corrected chi connectivity index (χ0v) is 12.0. The van der Waals surface area contributed by atoms with Crippen LogP contribution >= 0.6 is 0 Å². The van der Waals surface area contributed by atoms with E-state index in [1.54, 1.807) is 7.05 Å². The van der Waals surface area contributed by atoms with Gasteiger partial charge in [-0.1, -0.05) is 13.0 Å². The highest BCUT2D eigenvalue weighted by Gasteiger charge is 2.22. The minimum atomic E-state index is -0.845. The summed E-state index contributed by atoms with van der Waals surface area (Å²) in [5.74, 6) is -2.35. The second kappa shape index (κ2) is 5.51. The normalized spacial score (nSPS) is 10.7. The fourth-order valence-electron chi connectivity index (χ4n) is 2.07. The number of nitrogens with two attached hydrogens (primary N) is 1. The lowest BCUT2D eigenvalue weighted by molar-refractivity contribution is 0.101. The molecule has 0 atom stereocenters. The summed E-state index contributed by atoms with van der Waals surface area (Å²) < 4.78 is 28.9. The van der Waals surface area contributed by atoms with Crippen LogP contribution in [0.25, 0.3) is 0 Å². The highest BCUT2D eigenvalue weighted by Crippen LogP contribution is 2.24. The minimum absolute atomic E-state index is 0.0761. The number of hydrogen-bond acceptors (Lipinski definition) is 3. The van der Waals surface area contributed by atoms with Crippen LogP contribution in [0, 0.1) is 18.6 Å². The third kappa shape index (κ3) is 2.58. The maximum Gasteiger partial charge on any atom is 0.276 e. The van der Waals surface area contributed by atoms with E-state index in [0.717, 1.165) is 6.07 Å². The lowest BCUT2D eigenvalue weighted by Gasteiger charge is -2.10. The van der Waals surface area contributed by atoms with Crippen LogP contribution in [0.2, 0.25) is 0 Å². The second-order valence-electron chi connectivity index (χ2n) is 4.69. The van der Waals surface area contributed by atoms with E-state index in [-0.39, 0.29) is 16.9 Å². The molecule has 1 aromatic heterocycles. The van der Waals surface area contributed by atoms with Gasteiger partial charge in [0, 0.05) is 7.05 Å². The molecule has 112 valence electrons. The summed E-state index contributed by atoms with van der Waals surface area (Å²) in [6, 6.07) is 2.39. The molecule has 0 unspecified atom stereocenters. The molecule has 0 spiro atoms. The van der Waals surface area contributed by atoms with Crippen LogP contribution in [0.15, 0.2) is 12.1 Å². The van der Waals surface area contributed by atoms with Crippen molar-refractivity contribution in [2.75, 3.05) is 11.1 Å². The van der Waals surface area contributed by atoms with E-state index in [0.29, 0.717) is 12.1 Å². The van der Waals surface area contributed by atoms with Gasteiger partial charge in [0.15, 0.2) is 5.82 Å². The average Bonchev–Trinajstić information content (AvgIpc) is 2.73. The van der Waals surface area contributed by atoms with Crippen LogP contribution in [-0.2, 0) is 13.5 Å². The summed E-state index contributed by atoms with van der Waals surface area (Å²) in [6.45, 7) is 3.33. The largest absolute Gasteiger partial charge is 0.395 e. The second-order valence-corrected chi connectivity index (χ2v) is 4.69. The smallest absolute Gasteiger partial charge is 0.276 e.